The number of hydrogen-bond donors (Lipinski definition) is 2. The molecular formula is C13H17N5O. The topological polar surface area (TPSA) is 71.8 Å². The summed E-state index contributed by atoms with van der Waals surface area (Å²) < 4.78 is 1.68. The molecule has 0 aliphatic rings. The molecule has 100 valence electrons. The van der Waals surface area contributed by atoms with Crippen LogP contribution in [0.25, 0.3) is 5.69 Å². The van der Waals surface area contributed by atoms with Crippen molar-refractivity contribution in [1.82, 2.24) is 25.4 Å². The maximum absolute atomic E-state index is 11.9. The van der Waals surface area contributed by atoms with Gasteiger partial charge in [-0.1, -0.05) is 0 Å². The van der Waals surface area contributed by atoms with Crippen molar-refractivity contribution in [3.8, 4) is 5.69 Å². The highest BCUT2D eigenvalue weighted by Gasteiger charge is 2.08. The van der Waals surface area contributed by atoms with E-state index in [9.17, 15) is 4.79 Å². The van der Waals surface area contributed by atoms with Gasteiger partial charge >= 0.3 is 0 Å². The molecule has 0 aliphatic carbocycles. The molecule has 0 aliphatic heterocycles. The third-order valence-electron chi connectivity index (χ3n) is 2.79. The highest BCUT2D eigenvalue weighted by molar-refractivity contribution is 5.94. The van der Waals surface area contributed by atoms with E-state index in [1.807, 2.05) is 26.1 Å². The Morgan fingerprint density at radius 1 is 1.37 bits per heavy atom. The Labute approximate surface area is 111 Å². The van der Waals surface area contributed by atoms with Crippen LogP contribution in [-0.2, 0) is 0 Å². The third-order valence-corrected chi connectivity index (χ3v) is 2.79. The number of carbonyl (C=O) groups excluding carboxylic acids is 1. The lowest BCUT2D eigenvalue weighted by atomic mass is 10.1. The minimum Gasteiger partial charge on any atom is -0.351 e. The molecule has 0 saturated carbocycles. The summed E-state index contributed by atoms with van der Waals surface area (Å²) in [5, 5.41) is 9.90. The van der Waals surface area contributed by atoms with E-state index in [2.05, 4.69) is 20.7 Å². The van der Waals surface area contributed by atoms with Gasteiger partial charge in [-0.05, 0) is 37.7 Å². The molecule has 1 aromatic heterocycles. The molecule has 0 atom stereocenters. The number of nitrogens with zero attached hydrogens (tertiary/aromatic N) is 3. The van der Waals surface area contributed by atoms with Gasteiger partial charge in [0.25, 0.3) is 5.91 Å². The van der Waals surface area contributed by atoms with Crippen LogP contribution in [0.15, 0.2) is 30.9 Å². The van der Waals surface area contributed by atoms with E-state index in [1.165, 1.54) is 6.33 Å². The quantitative estimate of drug-likeness (QED) is 0.768. The van der Waals surface area contributed by atoms with Gasteiger partial charge in [-0.3, -0.25) is 4.79 Å². The fraction of sp³-hybridized carbons (Fsp3) is 0.308. The summed E-state index contributed by atoms with van der Waals surface area (Å²) in [4.78, 5) is 15.8. The van der Waals surface area contributed by atoms with Gasteiger partial charge in [-0.15, -0.1) is 0 Å². The molecule has 2 N–H and O–H groups in total. The largest absolute Gasteiger partial charge is 0.351 e. The summed E-state index contributed by atoms with van der Waals surface area (Å²) in [6, 6.07) is 5.52. The lowest BCUT2D eigenvalue weighted by Crippen LogP contribution is -2.30. The summed E-state index contributed by atoms with van der Waals surface area (Å²) >= 11 is 0. The van der Waals surface area contributed by atoms with Crippen LogP contribution in [0.5, 0.6) is 0 Å². The standard InChI is InChI=1S/C13H17N5O/c1-10-7-11(13(19)16-6-5-14-2)3-4-12(10)18-9-15-8-17-18/h3-4,7-9,14H,5-6H2,1-2H3,(H,16,19). The van der Waals surface area contributed by atoms with Crippen LogP contribution in [0, 0.1) is 6.92 Å². The predicted octanol–water partition coefficient (Wildman–Crippen LogP) is 0.525. The van der Waals surface area contributed by atoms with Crippen LogP contribution in [0.2, 0.25) is 0 Å². The van der Waals surface area contributed by atoms with E-state index >= 15 is 0 Å². The second-order valence-electron chi connectivity index (χ2n) is 4.20. The van der Waals surface area contributed by atoms with Crippen LogP contribution < -0.4 is 10.6 Å². The number of nitrogens with one attached hydrogen (secondary N) is 2. The van der Waals surface area contributed by atoms with Crippen molar-refractivity contribution in [2.45, 2.75) is 6.92 Å². The molecule has 1 heterocycles. The Kier molecular flexibility index (Phi) is 4.25. The minimum absolute atomic E-state index is 0.0662. The second-order valence-corrected chi connectivity index (χ2v) is 4.20. The molecule has 0 fully saturated rings. The van der Waals surface area contributed by atoms with Crippen molar-refractivity contribution in [3.63, 3.8) is 0 Å². The van der Waals surface area contributed by atoms with E-state index in [-0.39, 0.29) is 5.91 Å². The van der Waals surface area contributed by atoms with Gasteiger partial charge in [0.2, 0.25) is 0 Å². The molecule has 0 radical (unpaired) electrons. The SMILES string of the molecule is CNCCNC(=O)c1ccc(-n2cncn2)c(C)c1. The van der Waals surface area contributed by atoms with Crippen molar-refractivity contribution in [2.24, 2.45) is 0 Å². The van der Waals surface area contributed by atoms with Crippen LogP contribution in [0.1, 0.15) is 15.9 Å². The number of aromatic nitrogens is 3. The third kappa shape index (κ3) is 3.17. The zero-order valence-electron chi connectivity index (χ0n) is 11.1. The number of amides is 1. The van der Waals surface area contributed by atoms with E-state index < -0.39 is 0 Å². The minimum atomic E-state index is -0.0662. The zero-order valence-corrected chi connectivity index (χ0v) is 11.1. The number of aryl methyl sites for hydroxylation is 1. The summed E-state index contributed by atoms with van der Waals surface area (Å²) in [5.41, 5.74) is 2.55. The van der Waals surface area contributed by atoms with Crippen molar-refractivity contribution < 1.29 is 4.79 Å². The predicted molar refractivity (Wildman–Crippen MR) is 72.4 cm³/mol. The maximum atomic E-state index is 11.9. The Morgan fingerprint density at radius 2 is 2.21 bits per heavy atom. The number of benzene rings is 1. The molecule has 1 amide bonds. The summed E-state index contributed by atoms with van der Waals surface area (Å²) in [6.07, 6.45) is 3.12. The lowest BCUT2D eigenvalue weighted by molar-refractivity contribution is 0.0954. The van der Waals surface area contributed by atoms with E-state index in [0.29, 0.717) is 12.1 Å². The Hall–Kier alpha value is -2.21. The van der Waals surface area contributed by atoms with Crippen molar-refractivity contribution >= 4 is 5.91 Å². The number of rotatable bonds is 5. The number of hydrogen-bond acceptors (Lipinski definition) is 4. The first-order valence-electron chi connectivity index (χ1n) is 6.11. The van der Waals surface area contributed by atoms with Crippen molar-refractivity contribution in [2.75, 3.05) is 20.1 Å². The van der Waals surface area contributed by atoms with Gasteiger partial charge in [-0.2, -0.15) is 5.10 Å². The van der Waals surface area contributed by atoms with Gasteiger partial charge in [0.05, 0.1) is 5.69 Å². The Bertz CT molecular complexity index is 550. The van der Waals surface area contributed by atoms with E-state index in [1.54, 1.807) is 17.1 Å². The molecule has 6 heteroatoms. The average molecular weight is 259 g/mol. The molecule has 0 unspecified atom stereocenters. The van der Waals surface area contributed by atoms with Crippen LogP contribution in [-0.4, -0.2) is 40.8 Å². The van der Waals surface area contributed by atoms with Crippen LogP contribution in [0.3, 0.4) is 0 Å². The monoisotopic (exact) mass is 259 g/mol. The number of carbonyl (C=O) groups is 1. The first kappa shape index (κ1) is 13.2. The molecule has 2 aromatic rings. The second kappa shape index (κ2) is 6.10. The molecule has 2 rings (SSSR count). The van der Waals surface area contributed by atoms with Crippen LogP contribution in [0.4, 0.5) is 0 Å². The smallest absolute Gasteiger partial charge is 0.251 e. The molecular weight excluding hydrogens is 242 g/mol. The lowest BCUT2D eigenvalue weighted by Gasteiger charge is -2.09. The molecule has 0 saturated heterocycles. The van der Waals surface area contributed by atoms with Gasteiger partial charge in [0, 0.05) is 18.7 Å². The normalized spacial score (nSPS) is 10.4. The van der Waals surface area contributed by atoms with E-state index in [0.717, 1.165) is 17.8 Å². The molecule has 1 aromatic carbocycles. The molecule has 0 bridgehead atoms. The van der Waals surface area contributed by atoms with Crippen molar-refractivity contribution in [1.29, 1.82) is 0 Å². The first-order valence-corrected chi connectivity index (χ1v) is 6.11. The highest BCUT2D eigenvalue weighted by atomic mass is 16.1. The summed E-state index contributed by atoms with van der Waals surface area (Å²) in [6.45, 7) is 3.31. The maximum Gasteiger partial charge on any atom is 0.251 e. The van der Waals surface area contributed by atoms with Gasteiger partial charge in [0.15, 0.2) is 0 Å². The fourth-order valence-electron chi connectivity index (χ4n) is 1.79. The summed E-state index contributed by atoms with van der Waals surface area (Å²) in [5.74, 6) is -0.0662. The Balaban J connectivity index is 2.13. The van der Waals surface area contributed by atoms with Gasteiger partial charge in [0.1, 0.15) is 12.7 Å². The fourth-order valence-corrected chi connectivity index (χ4v) is 1.79. The van der Waals surface area contributed by atoms with Crippen molar-refractivity contribution in [3.05, 3.63) is 42.0 Å². The molecule has 6 nitrogen and oxygen atoms in total. The van der Waals surface area contributed by atoms with Crippen LogP contribution >= 0.6 is 0 Å². The highest BCUT2D eigenvalue weighted by Crippen LogP contribution is 2.14. The average Bonchev–Trinajstić information content (AvgIpc) is 2.92. The van der Waals surface area contributed by atoms with Gasteiger partial charge < -0.3 is 10.6 Å². The first-order chi connectivity index (χ1) is 9.22. The van der Waals surface area contributed by atoms with Gasteiger partial charge in [-0.25, -0.2) is 9.67 Å². The Morgan fingerprint density at radius 3 is 2.84 bits per heavy atom. The number of likely N-dealkylation sites (N-methyl/N-ethyl adjacent to an activating group) is 1. The summed E-state index contributed by atoms with van der Waals surface area (Å²) in [7, 11) is 1.85. The van der Waals surface area contributed by atoms with E-state index in [4.69, 9.17) is 0 Å². The zero-order chi connectivity index (χ0) is 13.7. The molecule has 19 heavy (non-hydrogen) atoms. The molecule has 0 spiro atoms.